The first-order valence-corrected chi connectivity index (χ1v) is 5.38. The number of nitrogens with two attached hydrogens (primary N) is 1. The second-order valence-corrected chi connectivity index (χ2v) is 4.39. The minimum atomic E-state index is -3.84. The predicted molar refractivity (Wildman–Crippen MR) is 51.6 cm³/mol. The van der Waals surface area contributed by atoms with Crippen LogP contribution in [0.2, 0.25) is 0 Å². The van der Waals surface area contributed by atoms with Gasteiger partial charge in [0, 0.05) is 6.42 Å². The Balaban J connectivity index is 2.75. The van der Waals surface area contributed by atoms with Crippen molar-refractivity contribution in [3.05, 3.63) is 23.1 Å². The summed E-state index contributed by atoms with van der Waals surface area (Å²) in [5.74, 6) is -0.184. The Bertz CT molecular complexity index is 449. The van der Waals surface area contributed by atoms with Gasteiger partial charge in [0.15, 0.2) is 5.78 Å². The van der Waals surface area contributed by atoms with Crippen LogP contribution in [0.25, 0.3) is 0 Å². The number of urea groups is 1. The van der Waals surface area contributed by atoms with Crippen LogP contribution in [0.5, 0.6) is 0 Å². The van der Waals surface area contributed by atoms with E-state index in [9.17, 15) is 18.0 Å². The molecule has 0 saturated carbocycles. The maximum atomic E-state index is 11.4. The van der Waals surface area contributed by atoms with Gasteiger partial charge in [-0.1, -0.05) is 6.08 Å². The van der Waals surface area contributed by atoms with Crippen molar-refractivity contribution >= 4 is 21.8 Å². The molecule has 0 aromatic rings. The second kappa shape index (κ2) is 4.24. The average molecular weight is 231 g/mol. The zero-order valence-electron chi connectivity index (χ0n) is 7.56. The summed E-state index contributed by atoms with van der Waals surface area (Å²) in [5, 5.41) is 0. The lowest BCUT2D eigenvalue weighted by molar-refractivity contribution is -0.113. The zero-order chi connectivity index (χ0) is 11.5. The molecule has 0 heterocycles. The van der Waals surface area contributed by atoms with Crippen molar-refractivity contribution in [2.24, 2.45) is 5.73 Å². The van der Waals surface area contributed by atoms with E-state index in [1.807, 2.05) is 0 Å². The van der Waals surface area contributed by atoms with E-state index in [0.717, 1.165) is 12.2 Å². The van der Waals surface area contributed by atoms with Crippen molar-refractivity contribution in [2.45, 2.75) is 6.42 Å². The van der Waals surface area contributed by atoms with E-state index in [4.69, 9.17) is 0 Å². The molecule has 0 bridgehead atoms. The van der Waals surface area contributed by atoms with Gasteiger partial charge in [-0.15, -0.1) is 4.83 Å². The Kier molecular flexibility index (Phi) is 3.22. The highest BCUT2D eigenvalue weighted by Gasteiger charge is 2.18. The van der Waals surface area contributed by atoms with Gasteiger partial charge in [0.1, 0.15) is 0 Å². The fourth-order valence-corrected chi connectivity index (χ4v) is 1.79. The van der Waals surface area contributed by atoms with Crippen molar-refractivity contribution < 1.29 is 18.0 Å². The summed E-state index contributed by atoms with van der Waals surface area (Å²) in [4.78, 5) is 22.7. The van der Waals surface area contributed by atoms with Gasteiger partial charge in [0.25, 0.3) is 10.0 Å². The number of nitrogens with one attached hydrogen (secondary N) is 2. The van der Waals surface area contributed by atoms with E-state index in [1.54, 1.807) is 10.3 Å². The molecule has 0 unspecified atom stereocenters. The molecule has 0 radical (unpaired) electrons. The molecule has 0 aromatic heterocycles. The second-order valence-electron chi connectivity index (χ2n) is 2.71. The number of primary amides is 1. The molecule has 1 aliphatic rings. The number of ketones is 1. The maximum absolute atomic E-state index is 11.4. The number of hydrazine groups is 1. The third-order valence-electron chi connectivity index (χ3n) is 1.56. The van der Waals surface area contributed by atoms with Gasteiger partial charge < -0.3 is 5.73 Å². The highest BCUT2D eigenvalue weighted by molar-refractivity contribution is 7.93. The van der Waals surface area contributed by atoms with Crippen LogP contribution in [0.3, 0.4) is 0 Å². The fourth-order valence-electron chi connectivity index (χ4n) is 0.888. The number of allylic oxidation sites excluding steroid dienone is 3. The molecule has 0 atom stereocenters. The van der Waals surface area contributed by atoms with Crippen molar-refractivity contribution in [2.75, 3.05) is 0 Å². The predicted octanol–water partition coefficient (Wildman–Crippen LogP) is -1.10. The van der Waals surface area contributed by atoms with E-state index >= 15 is 0 Å². The molecule has 4 N–H and O–H groups in total. The van der Waals surface area contributed by atoms with Gasteiger partial charge in [0.2, 0.25) is 0 Å². The Labute approximate surface area is 86.0 Å². The molecule has 7 nitrogen and oxygen atoms in total. The molecule has 1 rings (SSSR count). The Morgan fingerprint density at radius 2 is 2.07 bits per heavy atom. The first-order chi connectivity index (χ1) is 6.92. The largest absolute Gasteiger partial charge is 0.351 e. The van der Waals surface area contributed by atoms with Gasteiger partial charge in [0.05, 0.1) is 4.91 Å². The fraction of sp³-hybridized carbons (Fsp3) is 0.143. The summed E-state index contributed by atoms with van der Waals surface area (Å²) in [5.41, 5.74) is 6.42. The number of hydrogen-bond donors (Lipinski definition) is 3. The topological polar surface area (TPSA) is 118 Å². The van der Waals surface area contributed by atoms with E-state index in [2.05, 4.69) is 5.73 Å². The average Bonchev–Trinajstić information content (AvgIpc) is 2.16. The molecule has 2 amide bonds. The molecule has 0 aliphatic heterocycles. The molecule has 0 fully saturated rings. The molecule has 15 heavy (non-hydrogen) atoms. The molecule has 8 heteroatoms. The lowest BCUT2D eigenvalue weighted by Gasteiger charge is -2.08. The summed E-state index contributed by atoms with van der Waals surface area (Å²) in [6.45, 7) is 0. The normalized spacial score (nSPS) is 16.0. The van der Waals surface area contributed by atoms with Crippen molar-refractivity contribution in [1.29, 1.82) is 0 Å². The SMILES string of the molecule is NC(=O)NNS(=O)(=O)C1=CCC(=O)C=C1. The van der Waals surface area contributed by atoms with E-state index in [-0.39, 0.29) is 17.1 Å². The summed E-state index contributed by atoms with van der Waals surface area (Å²) in [7, 11) is -3.84. The van der Waals surface area contributed by atoms with Gasteiger partial charge in [-0.2, -0.15) is 0 Å². The number of hydrogen-bond acceptors (Lipinski definition) is 4. The number of sulfonamides is 1. The summed E-state index contributed by atoms with van der Waals surface area (Å²) in [6, 6.07) is -1.02. The highest BCUT2D eigenvalue weighted by Crippen LogP contribution is 2.12. The van der Waals surface area contributed by atoms with Gasteiger partial charge >= 0.3 is 6.03 Å². The van der Waals surface area contributed by atoms with E-state index in [0.29, 0.717) is 0 Å². The molecule has 0 aromatic carbocycles. The molecule has 82 valence electrons. The van der Waals surface area contributed by atoms with E-state index < -0.39 is 16.1 Å². The Morgan fingerprint density at radius 3 is 2.53 bits per heavy atom. The van der Waals surface area contributed by atoms with Crippen LogP contribution < -0.4 is 16.0 Å². The molecular formula is C7H9N3O4S. The van der Waals surface area contributed by atoms with Crippen LogP contribution in [0.4, 0.5) is 4.79 Å². The highest BCUT2D eigenvalue weighted by atomic mass is 32.2. The smallest absolute Gasteiger partial charge is 0.327 e. The third-order valence-corrected chi connectivity index (χ3v) is 2.85. The molecule has 0 spiro atoms. The van der Waals surface area contributed by atoms with Crippen molar-refractivity contribution in [1.82, 2.24) is 10.3 Å². The number of carbonyl (C=O) groups excluding carboxylic acids is 2. The Morgan fingerprint density at radius 1 is 1.40 bits per heavy atom. The maximum Gasteiger partial charge on any atom is 0.327 e. The van der Waals surface area contributed by atoms with Crippen molar-refractivity contribution in [3.63, 3.8) is 0 Å². The third kappa shape index (κ3) is 3.18. The van der Waals surface area contributed by atoms with Gasteiger partial charge in [-0.25, -0.2) is 13.2 Å². The molecule has 1 aliphatic carbocycles. The molecular weight excluding hydrogens is 222 g/mol. The first kappa shape index (κ1) is 11.4. The van der Waals surface area contributed by atoms with Crippen LogP contribution in [0.15, 0.2) is 23.1 Å². The number of amides is 2. The summed E-state index contributed by atoms with van der Waals surface area (Å²) in [6.07, 6.45) is 3.56. The van der Waals surface area contributed by atoms with Crippen LogP contribution in [-0.4, -0.2) is 20.2 Å². The standard InChI is InChI=1S/C7H9N3O4S/c8-7(12)9-10-15(13,14)6-3-1-5(11)2-4-6/h1,3-4,10H,2H2,(H3,8,9,12). The zero-order valence-corrected chi connectivity index (χ0v) is 8.37. The lowest BCUT2D eigenvalue weighted by atomic mass is 10.2. The van der Waals surface area contributed by atoms with Crippen LogP contribution in [0, 0.1) is 0 Å². The van der Waals surface area contributed by atoms with Crippen LogP contribution in [0.1, 0.15) is 6.42 Å². The minimum Gasteiger partial charge on any atom is -0.351 e. The lowest BCUT2D eigenvalue weighted by Crippen LogP contribution is -2.44. The number of carbonyl (C=O) groups is 2. The quantitative estimate of drug-likeness (QED) is 0.534. The Hall–Kier alpha value is -1.67. The van der Waals surface area contributed by atoms with Gasteiger partial charge in [-0.3, -0.25) is 10.2 Å². The van der Waals surface area contributed by atoms with E-state index in [1.165, 1.54) is 6.08 Å². The first-order valence-electron chi connectivity index (χ1n) is 3.90. The van der Waals surface area contributed by atoms with Crippen molar-refractivity contribution in [3.8, 4) is 0 Å². The van der Waals surface area contributed by atoms with Crippen LogP contribution >= 0.6 is 0 Å². The summed E-state index contributed by atoms with van der Waals surface area (Å²) >= 11 is 0. The monoisotopic (exact) mass is 231 g/mol. The minimum absolute atomic E-state index is 0.0172. The van der Waals surface area contributed by atoms with Gasteiger partial charge in [-0.05, 0) is 12.2 Å². The summed E-state index contributed by atoms with van der Waals surface area (Å²) < 4.78 is 22.8. The number of rotatable bonds is 3. The molecule has 0 saturated heterocycles. The van der Waals surface area contributed by atoms with Crippen LogP contribution in [-0.2, 0) is 14.8 Å².